The molecule has 1 aliphatic rings. The molecule has 1 aliphatic heterocycles. The van der Waals surface area contributed by atoms with Gasteiger partial charge in [0.1, 0.15) is 10.0 Å². The Morgan fingerprint density at radius 3 is 2.59 bits per heavy atom. The molecular weight excluding hydrogens is 394 g/mol. The summed E-state index contributed by atoms with van der Waals surface area (Å²) in [5.41, 5.74) is 0. The predicted molar refractivity (Wildman–Crippen MR) is 88.4 cm³/mol. The first kappa shape index (κ1) is 18.1. The smallest absolute Gasteiger partial charge is 0.244 e. The number of nitrogens with zero attached hydrogens (tertiary/aromatic N) is 3. The Morgan fingerprint density at radius 1 is 1.41 bits per heavy atom. The highest BCUT2D eigenvalue weighted by Gasteiger charge is 2.29. The van der Waals surface area contributed by atoms with Crippen molar-refractivity contribution in [2.45, 2.75) is 24.3 Å². The predicted octanol–water partition coefficient (Wildman–Crippen LogP) is 1.57. The van der Waals surface area contributed by atoms with Crippen molar-refractivity contribution in [3.8, 4) is 0 Å². The van der Waals surface area contributed by atoms with Crippen LogP contribution in [0.5, 0.6) is 0 Å². The van der Waals surface area contributed by atoms with Gasteiger partial charge in [-0.1, -0.05) is 18.5 Å². The van der Waals surface area contributed by atoms with Crippen molar-refractivity contribution < 1.29 is 13.5 Å². The number of β-amino-alcohol motifs (C(OH)–C–C–N with tert-alkyl or cyclic N) is 1. The molecule has 1 aromatic heterocycles. The van der Waals surface area contributed by atoms with Crippen molar-refractivity contribution in [3.05, 3.63) is 21.9 Å². The number of aliphatic hydroxyl groups excluding tert-OH is 1. The van der Waals surface area contributed by atoms with Gasteiger partial charge in [-0.25, -0.2) is 13.4 Å². The van der Waals surface area contributed by atoms with E-state index in [2.05, 4.69) is 25.8 Å². The molecule has 124 valence electrons. The van der Waals surface area contributed by atoms with Crippen molar-refractivity contribution in [1.82, 2.24) is 14.2 Å². The molecule has 2 heterocycles. The van der Waals surface area contributed by atoms with Gasteiger partial charge in [-0.2, -0.15) is 4.31 Å². The minimum absolute atomic E-state index is 0.130. The maximum absolute atomic E-state index is 12.6. The lowest BCUT2D eigenvalue weighted by molar-refractivity contribution is 0.0896. The van der Waals surface area contributed by atoms with E-state index in [1.54, 1.807) is 0 Å². The zero-order valence-corrected chi connectivity index (χ0v) is 15.4. The van der Waals surface area contributed by atoms with Crippen molar-refractivity contribution >= 4 is 37.6 Å². The first-order valence-corrected chi connectivity index (χ1v) is 9.67. The summed E-state index contributed by atoms with van der Waals surface area (Å²) < 4.78 is 27.1. The van der Waals surface area contributed by atoms with Gasteiger partial charge in [0.2, 0.25) is 10.0 Å². The second-order valence-corrected chi connectivity index (χ2v) is 8.36. The van der Waals surface area contributed by atoms with Gasteiger partial charge in [-0.3, -0.25) is 4.90 Å². The number of piperazine rings is 1. The van der Waals surface area contributed by atoms with E-state index in [0.29, 0.717) is 43.6 Å². The molecule has 0 unspecified atom stereocenters. The Hall–Kier alpha value is -0.250. The highest BCUT2D eigenvalue weighted by Crippen LogP contribution is 2.25. The minimum atomic E-state index is -3.57. The van der Waals surface area contributed by atoms with Crippen LogP contribution in [0.3, 0.4) is 0 Å². The molecule has 22 heavy (non-hydrogen) atoms. The Bertz CT molecular complexity index is 621. The van der Waals surface area contributed by atoms with Crippen LogP contribution in [-0.4, -0.2) is 66.5 Å². The fourth-order valence-corrected chi connectivity index (χ4v) is 4.27. The average molecular weight is 413 g/mol. The third kappa shape index (κ3) is 4.18. The number of hydrogen-bond donors (Lipinski definition) is 1. The van der Waals surface area contributed by atoms with E-state index in [0.717, 1.165) is 0 Å². The van der Waals surface area contributed by atoms with E-state index in [1.165, 1.54) is 16.6 Å². The average Bonchev–Trinajstić information content (AvgIpc) is 2.50. The SMILES string of the molecule is CC[C@@H](O)CN1CCN(S(=O)(=O)c2cnc(Cl)c(Br)c2)CC1. The number of aliphatic hydroxyl groups is 1. The van der Waals surface area contributed by atoms with Gasteiger partial charge in [0.15, 0.2) is 0 Å². The van der Waals surface area contributed by atoms with E-state index in [4.69, 9.17) is 11.6 Å². The molecule has 0 spiro atoms. The van der Waals surface area contributed by atoms with Crippen LogP contribution in [-0.2, 0) is 10.0 Å². The fraction of sp³-hybridized carbons (Fsp3) is 0.615. The maximum atomic E-state index is 12.6. The number of hydrogen-bond acceptors (Lipinski definition) is 5. The second-order valence-electron chi connectivity index (χ2n) is 5.21. The molecule has 9 heteroatoms. The lowest BCUT2D eigenvalue weighted by Gasteiger charge is -2.34. The fourth-order valence-electron chi connectivity index (χ4n) is 2.27. The van der Waals surface area contributed by atoms with E-state index >= 15 is 0 Å². The first-order valence-electron chi connectivity index (χ1n) is 7.06. The topological polar surface area (TPSA) is 73.7 Å². The molecule has 0 radical (unpaired) electrons. The van der Waals surface area contributed by atoms with Crippen LogP contribution in [0, 0.1) is 0 Å². The van der Waals surface area contributed by atoms with E-state index in [1.807, 2.05) is 6.92 Å². The quantitative estimate of drug-likeness (QED) is 0.743. The Morgan fingerprint density at radius 2 is 2.05 bits per heavy atom. The highest BCUT2D eigenvalue weighted by molar-refractivity contribution is 9.10. The Labute approximate surface area is 144 Å². The van der Waals surface area contributed by atoms with Gasteiger partial charge < -0.3 is 5.11 Å². The van der Waals surface area contributed by atoms with Gasteiger partial charge >= 0.3 is 0 Å². The molecule has 1 aromatic rings. The van der Waals surface area contributed by atoms with E-state index < -0.39 is 10.0 Å². The minimum Gasteiger partial charge on any atom is -0.392 e. The lowest BCUT2D eigenvalue weighted by atomic mass is 10.2. The highest BCUT2D eigenvalue weighted by atomic mass is 79.9. The van der Waals surface area contributed by atoms with Crippen molar-refractivity contribution in [3.63, 3.8) is 0 Å². The first-order chi connectivity index (χ1) is 10.3. The van der Waals surface area contributed by atoms with Crippen molar-refractivity contribution in [2.75, 3.05) is 32.7 Å². The number of halogens is 2. The summed E-state index contributed by atoms with van der Waals surface area (Å²) >= 11 is 8.99. The molecule has 0 saturated carbocycles. The number of aromatic nitrogens is 1. The molecule has 1 saturated heterocycles. The van der Waals surface area contributed by atoms with Gasteiger partial charge in [0, 0.05) is 38.9 Å². The molecule has 1 atom stereocenters. The summed E-state index contributed by atoms with van der Waals surface area (Å²) in [6, 6.07) is 1.47. The molecular formula is C13H19BrClN3O3S. The Kier molecular flexibility index (Phi) is 6.21. The summed E-state index contributed by atoms with van der Waals surface area (Å²) in [6.45, 7) is 4.53. The molecule has 0 aromatic carbocycles. The summed E-state index contributed by atoms with van der Waals surface area (Å²) in [4.78, 5) is 6.08. The van der Waals surface area contributed by atoms with Crippen molar-refractivity contribution in [2.24, 2.45) is 0 Å². The van der Waals surface area contributed by atoms with Gasteiger partial charge in [0.05, 0.1) is 10.6 Å². The van der Waals surface area contributed by atoms with Crippen LogP contribution in [0.25, 0.3) is 0 Å². The van der Waals surface area contributed by atoms with Crippen LogP contribution >= 0.6 is 27.5 Å². The van der Waals surface area contributed by atoms with Crippen LogP contribution in [0.4, 0.5) is 0 Å². The second kappa shape index (κ2) is 7.55. The summed E-state index contributed by atoms with van der Waals surface area (Å²) in [7, 11) is -3.57. The largest absolute Gasteiger partial charge is 0.392 e. The van der Waals surface area contributed by atoms with Crippen LogP contribution in [0.2, 0.25) is 5.15 Å². The molecule has 1 N–H and O–H groups in total. The summed E-state index contributed by atoms with van der Waals surface area (Å²) in [6.07, 6.45) is 1.61. The molecule has 2 rings (SSSR count). The number of rotatable bonds is 5. The molecule has 0 aliphatic carbocycles. The van der Waals surface area contributed by atoms with Gasteiger partial charge in [-0.15, -0.1) is 0 Å². The molecule has 0 bridgehead atoms. The third-order valence-corrected chi connectivity index (χ3v) is 6.68. The van der Waals surface area contributed by atoms with Crippen LogP contribution in [0.1, 0.15) is 13.3 Å². The lowest BCUT2D eigenvalue weighted by Crippen LogP contribution is -2.50. The maximum Gasteiger partial charge on any atom is 0.244 e. The third-order valence-electron chi connectivity index (χ3n) is 3.68. The van der Waals surface area contributed by atoms with Crippen molar-refractivity contribution in [1.29, 1.82) is 0 Å². The number of pyridine rings is 1. The zero-order chi connectivity index (χ0) is 16.3. The van der Waals surface area contributed by atoms with Crippen LogP contribution in [0.15, 0.2) is 21.6 Å². The molecule has 0 amide bonds. The molecule has 1 fully saturated rings. The summed E-state index contributed by atoms with van der Waals surface area (Å²) in [5, 5.41) is 9.90. The molecule has 6 nitrogen and oxygen atoms in total. The zero-order valence-electron chi connectivity index (χ0n) is 12.2. The number of sulfonamides is 1. The van der Waals surface area contributed by atoms with E-state index in [-0.39, 0.29) is 16.2 Å². The monoisotopic (exact) mass is 411 g/mol. The van der Waals surface area contributed by atoms with Gasteiger partial charge in [-0.05, 0) is 28.4 Å². The Balaban J connectivity index is 2.04. The van der Waals surface area contributed by atoms with E-state index in [9.17, 15) is 13.5 Å². The van der Waals surface area contributed by atoms with Crippen LogP contribution < -0.4 is 0 Å². The van der Waals surface area contributed by atoms with Gasteiger partial charge in [0.25, 0.3) is 0 Å². The summed E-state index contributed by atoms with van der Waals surface area (Å²) in [5.74, 6) is 0. The normalized spacial score (nSPS) is 19.3. The standard InChI is InChI=1S/C13H19BrClN3O3S/c1-2-10(19)9-17-3-5-18(6-4-17)22(20,21)11-7-12(14)13(15)16-8-11/h7-8,10,19H,2-6,9H2,1H3/t10-/m1/s1.